The fourth-order valence-corrected chi connectivity index (χ4v) is 3.83. The average molecular weight is 398 g/mol. The van der Waals surface area contributed by atoms with Crippen LogP contribution >= 0.6 is 11.6 Å². The van der Waals surface area contributed by atoms with Crippen LogP contribution in [0.1, 0.15) is 63.7 Å². The molecule has 1 aromatic carbocycles. The standard InChI is InChI=1S/C22H24ClN3O2/c1-14-2-9-19(21(27)25-18-7-8-18)20(24-14)15-10-12-26(13-11-15)22(28)16-3-5-17(23)6-4-16/h2-6,9,15,18H,7-8,10-13H2,1H3,(H,25,27). The van der Waals surface area contributed by atoms with Gasteiger partial charge < -0.3 is 10.2 Å². The molecule has 1 saturated carbocycles. The molecule has 1 aliphatic carbocycles. The third-order valence-corrected chi connectivity index (χ3v) is 5.73. The van der Waals surface area contributed by atoms with Crippen molar-refractivity contribution >= 4 is 23.4 Å². The summed E-state index contributed by atoms with van der Waals surface area (Å²) in [5.74, 6) is 0.192. The van der Waals surface area contributed by atoms with Gasteiger partial charge in [-0.15, -0.1) is 0 Å². The highest BCUT2D eigenvalue weighted by Gasteiger charge is 2.30. The number of amides is 2. The maximum atomic E-state index is 12.7. The number of aryl methyl sites for hydroxylation is 1. The topological polar surface area (TPSA) is 62.3 Å². The molecule has 4 rings (SSSR count). The third kappa shape index (κ3) is 4.20. The van der Waals surface area contributed by atoms with Gasteiger partial charge in [-0.2, -0.15) is 0 Å². The number of piperidine rings is 1. The molecule has 1 aliphatic heterocycles. The van der Waals surface area contributed by atoms with Gasteiger partial charge in [0.1, 0.15) is 0 Å². The molecule has 2 fully saturated rings. The Hall–Kier alpha value is -2.40. The number of likely N-dealkylation sites (tertiary alicyclic amines) is 1. The molecule has 2 heterocycles. The summed E-state index contributed by atoms with van der Waals surface area (Å²) in [4.78, 5) is 31.9. The number of carbonyl (C=O) groups is 2. The van der Waals surface area contributed by atoms with Crippen molar-refractivity contribution in [1.29, 1.82) is 0 Å². The summed E-state index contributed by atoms with van der Waals surface area (Å²) in [5, 5.41) is 3.69. The summed E-state index contributed by atoms with van der Waals surface area (Å²) in [5.41, 5.74) is 3.12. The number of nitrogens with one attached hydrogen (secondary N) is 1. The first-order chi connectivity index (χ1) is 13.5. The van der Waals surface area contributed by atoms with Gasteiger partial charge in [0.05, 0.1) is 11.3 Å². The zero-order valence-corrected chi connectivity index (χ0v) is 16.7. The lowest BCUT2D eigenvalue weighted by molar-refractivity contribution is 0.0710. The van der Waals surface area contributed by atoms with Crippen LogP contribution in [0.15, 0.2) is 36.4 Å². The number of halogens is 1. The van der Waals surface area contributed by atoms with Crippen molar-refractivity contribution < 1.29 is 9.59 Å². The summed E-state index contributed by atoms with van der Waals surface area (Å²) in [6.07, 6.45) is 3.73. The number of nitrogens with zero attached hydrogens (tertiary/aromatic N) is 2. The number of benzene rings is 1. The molecule has 28 heavy (non-hydrogen) atoms. The zero-order valence-electron chi connectivity index (χ0n) is 16.0. The third-order valence-electron chi connectivity index (χ3n) is 5.48. The van der Waals surface area contributed by atoms with E-state index >= 15 is 0 Å². The minimum absolute atomic E-state index is 0.0235. The van der Waals surface area contributed by atoms with Gasteiger partial charge in [0, 0.05) is 41.3 Å². The van der Waals surface area contributed by atoms with Crippen molar-refractivity contribution in [2.45, 2.75) is 44.6 Å². The molecule has 1 N–H and O–H groups in total. The smallest absolute Gasteiger partial charge is 0.253 e. The normalized spacial score (nSPS) is 17.4. The van der Waals surface area contributed by atoms with Gasteiger partial charge in [-0.05, 0) is 69.0 Å². The molecule has 0 bridgehead atoms. The zero-order chi connectivity index (χ0) is 19.7. The highest BCUT2D eigenvalue weighted by atomic mass is 35.5. The van der Waals surface area contributed by atoms with Crippen LogP contribution in [0.4, 0.5) is 0 Å². The number of aromatic nitrogens is 1. The molecule has 1 aromatic heterocycles. The van der Waals surface area contributed by atoms with E-state index in [0.29, 0.717) is 35.3 Å². The van der Waals surface area contributed by atoms with Gasteiger partial charge in [0.15, 0.2) is 0 Å². The van der Waals surface area contributed by atoms with E-state index in [-0.39, 0.29) is 17.7 Å². The second-order valence-corrected chi connectivity index (χ2v) is 8.14. The summed E-state index contributed by atoms with van der Waals surface area (Å²) in [6.45, 7) is 3.27. The molecule has 0 unspecified atom stereocenters. The van der Waals surface area contributed by atoms with E-state index < -0.39 is 0 Å². The van der Waals surface area contributed by atoms with Crippen LogP contribution in [0.25, 0.3) is 0 Å². The van der Waals surface area contributed by atoms with E-state index in [1.807, 2.05) is 24.0 Å². The lowest BCUT2D eigenvalue weighted by atomic mass is 9.89. The minimum atomic E-state index is -0.0235. The Morgan fingerprint density at radius 2 is 1.71 bits per heavy atom. The summed E-state index contributed by atoms with van der Waals surface area (Å²) in [6, 6.07) is 11.1. The van der Waals surface area contributed by atoms with Crippen molar-refractivity contribution in [3.8, 4) is 0 Å². The van der Waals surface area contributed by atoms with Crippen molar-refractivity contribution in [3.05, 3.63) is 63.9 Å². The molecule has 2 aliphatic rings. The fraction of sp³-hybridized carbons (Fsp3) is 0.409. The van der Waals surface area contributed by atoms with E-state index in [9.17, 15) is 9.59 Å². The van der Waals surface area contributed by atoms with Crippen molar-refractivity contribution in [3.63, 3.8) is 0 Å². The lowest BCUT2D eigenvalue weighted by Crippen LogP contribution is -2.38. The average Bonchev–Trinajstić information content (AvgIpc) is 3.52. The van der Waals surface area contributed by atoms with Gasteiger partial charge >= 0.3 is 0 Å². The minimum Gasteiger partial charge on any atom is -0.349 e. The maximum absolute atomic E-state index is 12.7. The van der Waals surface area contributed by atoms with Gasteiger partial charge in [-0.1, -0.05) is 11.6 Å². The first-order valence-corrected chi connectivity index (χ1v) is 10.2. The lowest BCUT2D eigenvalue weighted by Gasteiger charge is -2.32. The second kappa shape index (κ2) is 7.92. The molecular weight excluding hydrogens is 374 g/mol. The second-order valence-electron chi connectivity index (χ2n) is 7.71. The van der Waals surface area contributed by atoms with E-state index in [1.165, 1.54) is 0 Å². The molecule has 146 valence electrons. The van der Waals surface area contributed by atoms with Gasteiger partial charge in [-0.3, -0.25) is 14.6 Å². The molecular formula is C22H24ClN3O2. The fourth-order valence-electron chi connectivity index (χ4n) is 3.70. The van der Waals surface area contributed by atoms with Crippen LogP contribution in [0, 0.1) is 6.92 Å². The Kier molecular flexibility index (Phi) is 5.36. The highest BCUT2D eigenvalue weighted by molar-refractivity contribution is 6.30. The molecule has 2 aromatic rings. The molecule has 6 heteroatoms. The first kappa shape index (κ1) is 18.9. The van der Waals surface area contributed by atoms with Crippen LogP contribution in [-0.4, -0.2) is 40.8 Å². The molecule has 0 radical (unpaired) electrons. The molecule has 5 nitrogen and oxygen atoms in total. The van der Waals surface area contributed by atoms with E-state index in [1.54, 1.807) is 24.3 Å². The predicted molar refractivity (Wildman–Crippen MR) is 109 cm³/mol. The molecule has 2 amide bonds. The van der Waals surface area contributed by atoms with Crippen molar-refractivity contribution in [1.82, 2.24) is 15.2 Å². The van der Waals surface area contributed by atoms with Gasteiger partial charge in [-0.25, -0.2) is 0 Å². The van der Waals surface area contributed by atoms with Crippen LogP contribution in [0.3, 0.4) is 0 Å². The Labute approximate surface area is 170 Å². The Morgan fingerprint density at radius 3 is 2.36 bits per heavy atom. The van der Waals surface area contributed by atoms with Crippen LogP contribution in [-0.2, 0) is 0 Å². The predicted octanol–water partition coefficient (Wildman–Crippen LogP) is 3.96. The van der Waals surface area contributed by atoms with E-state index in [0.717, 1.165) is 37.1 Å². The summed E-state index contributed by atoms with van der Waals surface area (Å²) in [7, 11) is 0. The Balaban J connectivity index is 1.46. The van der Waals surface area contributed by atoms with Gasteiger partial charge in [0.25, 0.3) is 11.8 Å². The van der Waals surface area contributed by atoms with Crippen molar-refractivity contribution in [2.24, 2.45) is 0 Å². The molecule has 0 atom stereocenters. The monoisotopic (exact) mass is 397 g/mol. The van der Waals surface area contributed by atoms with Gasteiger partial charge in [0.2, 0.25) is 0 Å². The highest BCUT2D eigenvalue weighted by Crippen LogP contribution is 2.31. The number of pyridine rings is 1. The SMILES string of the molecule is Cc1ccc(C(=O)NC2CC2)c(C2CCN(C(=O)c3ccc(Cl)cc3)CC2)n1. The number of hydrogen-bond acceptors (Lipinski definition) is 3. The van der Waals surface area contributed by atoms with Crippen LogP contribution in [0.5, 0.6) is 0 Å². The van der Waals surface area contributed by atoms with Crippen LogP contribution < -0.4 is 5.32 Å². The van der Waals surface area contributed by atoms with Crippen molar-refractivity contribution in [2.75, 3.05) is 13.1 Å². The number of carbonyl (C=O) groups excluding carboxylic acids is 2. The quantitative estimate of drug-likeness (QED) is 0.849. The van der Waals surface area contributed by atoms with E-state index in [2.05, 4.69) is 5.32 Å². The Morgan fingerprint density at radius 1 is 1.04 bits per heavy atom. The largest absolute Gasteiger partial charge is 0.349 e. The Bertz CT molecular complexity index is 885. The first-order valence-electron chi connectivity index (χ1n) is 9.84. The summed E-state index contributed by atoms with van der Waals surface area (Å²) < 4.78 is 0. The number of rotatable bonds is 4. The maximum Gasteiger partial charge on any atom is 0.253 e. The summed E-state index contributed by atoms with van der Waals surface area (Å²) >= 11 is 5.91. The van der Waals surface area contributed by atoms with E-state index in [4.69, 9.17) is 16.6 Å². The number of hydrogen-bond donors (Lipinski definition) is 1. The molecule has 0 spiro atoms. The van der Waals surface area contributed by atoms with Crippen LogP contribution in [0.2, 0.25) is 5.02 Å². The molecule has 1 saturated heterocycles.